The van der Waals surface area contributed by atoms with Crippen molar-refractivity contribution in [2.75, 3.05) is 4.90 Å². The van der Waals surface area contributed by atoms with Crippen LogP contribution in [0.15, 0.2) is 200 Å². The van der Waals surface area contributed by atoms with Gasteiger partial charge in [0.05, 0.1) is 44.8 Å². The van der Waals surface area contributed by atoms with Gasteiger partial charge in [-0.2, -0.15) is 0 Å². The summed E-state index contributed by atoms with van der Waals surface area (Å²) in [5.41, 5.74) is 18.9. The van der Waals surface area contributed by atoms with Crippen molar-refractivity contribution in [3.05, 3.63) is 211 Å². The summed E-state index contributed by atoms with van der Waals surface area (Å²) >= 11 is 0. The van der Waals surface area contributed by atoms with Gasteiger partial charge in [-0.15, -0.1) is 0 Å². The summed E-state index contributed by atoms with van der Waals surface area (Å²) in [6.07, 6.45) is 0. The zero-order valence-electron chi connectivity index (χ0n) is 33.3. The molecule has 0 aliphatic heterocycles. The molecule has 0 unspecified atom stereocenters. The normalized spacial score (nSPS) is 12.6. The van der Waals surface area contributed by atoms with Crippen molar-refractivity contribution < 1.29 is 0 Å². The minimum Gasteiger partial charge on any atom is -0.310 e. The van der Waals surface area contributed by atoms with Gasteiger partial charge in [-0.05, 0) is 82.9 Å². The number of rotatable bonds is 7. The summed E-state index contributed by atoms with van der Waals surface area (Å²) in [6, 6.07) is 70.0. The van der Waals surface area contributed by atoms with Crippen molar-refractivity contribution in [3.8, 4) is 56.2 Å². The molecule has 0 spiro atoms. The monoisotopic (exact) mass is 769 g/mol. The standard InChI is InChI=1S/C55H39N5/c1-55(2)45-26-10-9-25-43(45)44-32-31-42(35-46(44)55)60(40-23-15-21-38(33-40)53-51(36-17-5-3-6-18-36)56-47-27-11-13-29-49(47)58-53)41-24-16-22-39(34-41)54-52(37-19-7-4-8-20-37)57-48-28-12-14-30-50(48)59-54/h3-35H,1-2H3. The largest absolute Gasteiger partial charge is 0.310 e. The highest BCUT2D eigenvalue weighted by Gasteiger charge is 2.36. The Labute approximate surface area is 349 Å². The Morgan fingerprint density at radius 3 is 1.20 bits per heavy atom. The lowest BCUT2D eigenvalue weighted by molar-refractivity contribution is 0.660. The summed E-state index contributed by atoms with van der Waals surface area (Å²) in [5.74, 6) is 0. The van der Waals surface area contributed by atoms with Crippen LogP contribution < -0.4 is 4.90 Å². The minimum absolute atomic E-state index is 0.173. The van der Waals surface area contributed by atoms with Gasteiger partial charge >= 0.3 is 0 Å². The van der Waals surface area contributed by atoms with Gasteiger partial charge in [-0.25, -0.2) is 19.9 Å². The van der Waals surface area contributed by atoms with Crippen LogP contribution in [0.5, 0.6) is 0 Å². The summed E-state index contributed by atoms with van der Waals surface area (Å²) in [5, 5.41) is 0. The molecule has 0 fully saturated rings. The predicted octanol–water partition coefficient (Wildman–Crippen LogP) is 14.0. The van der Waals surface area contributed by atoms with Gasteiger partial charge in [-0.1, -0.05) is 153 Å². The highest BCUT2D eigenvalue weighted by atomic mass is 15.1. The molecule has 0 atom stereocenters. The van der Waals surface area contributed by atoms with Crippen LogP contribution in [-0.4, -0.2) is 19.9 Å². The fourth-order valence-corrected chi connectivity index (χ4v) is 8.86. The lowest BCUT2D eigenvalue weighted by Crippen LogP contribution is -2.16. The zero-order chi connectivity index (χ0) is 40.2. The van der Waals surface area contributed by atoms with Gasteiger partial charge in [0.2, 0.25) is 0 Å². The average molecular weight is 770 g/mol. The molecule has 1 aliphatic carbocycles. The van der Waals surface area contributed by atoms with Crippen molar-refractivity contribution in [1.82, 2.24) is 19.9 Å². The third-order valence-electron chi connectivity index (χ3n) is 11.8. The van der Waals surface area contributed by atoms with E-state index in [0.29, 0.717) is 0 Å². The predicted molar refractivity (Wildman–Crippen MR) is 247 cm³/mol. The van der Waals surface area contributed by atoms with Gasteiger partial charge < -0.3 is 4.90 Å². The molecule has 284 valence electrons. The number of hydrogen-bond acceptors (Lipinski definition) is 5. The molecule has 10 aromatic rings. The molecule has 0 bridgehead atoms. The summed E-state index contributed by atoms with van der Waals surface area (Å²) in [7, 11) is 0. The topological polar surface area (TPSA) is 54.8 Å². The number of para-hydroxylation sites is 4. The van der Waals surface area contributed by atoms with Crippen molar-refractivity contribution in [2.24, 2.45) is 0 Å². The van der Waals surface area contributed by atoms with Crippen LogP contribution >= 0.6 is 0 Å². The molecule has 8 aromatic carbocycles. The average Bonchev–Trinajstić information content (AvgIpc) is 3.54. The lowest BCUT2D eigenvalue weighted by atomic mass is 9.82. The van der Waals surface area contributed by atoms with Gasteiger partial charge in [0, 0.05) is 44.7 Å². The van der Waals surface area contributed by atoms with Crippen LogP contribution in [0.2, 0.25) is 0 Å². The third-order valence-corrected chi connectivity index (χ3v) is 11.8. The Bertz CT molecular complexity index is 3080. The number of benzene rings is 8. The van der Waals surface area contributed by atoms with E-state index in [4.69, 9.17) is 19.9 Å². The van der Waals surface area contributed by atoms with Crippen LogP contribution in [0.4, 0.5) is 17.1 Å². The van der Waals surface area contributed by atoms with E-state index in [1.54, 1.807) is 0 Å². The van der Waals surface area contributed by atoms with Crippen molar-refractivity contribution in [1.29, 1.82) is 0 Å². The fraction of sp³-hybridized carbons (Fsp3) is 0.0545. The van der Waals surface area contributed by atoms with Crippen molar-refractivity contribution >= 4 is 39.1 Å². The Morgan fingerprint density at radius 2 is 0.700 bits per heavy atom. The maximum Gasteiger partial charge on any atom is 0.0973 e. The molecule has 0 amide bonds. The van der Waals surface area contributed by atoms with Crippen LogP contribution in [0.1, 0.15) is 25.0 Å². The molecule has 60 heavy (non-hydrogen) atoms. The van der Waals surface area contributed by atoms with E-state index in [-0.39, 0.29) is 5.41 Å². The van der Waals surface area contributed by atoms with E-state index < -0.39 is 0 Å². The van der Waals surface area contributed by atoms with Crippen LogP contribution in [0, 0.1) is 0 Å². The molecule has 2 aromatic heterocycles. The second-order valence-electron chi connectivity index (χ2n) is 15.9. The Balaban J connectivity index is 1.12. The fourth-order valence-electron chi connectivity index (χ4n) is 8.86. The molecule has 0 saturated carbocycles. The SMILES string of the molecule is CC1(C)c2ccccc2-c2ccc(N(c3cccc(-c4nc5ccccc5nc4-c4ccccc4)c3)c3cccc(-c4nc5ccccc5nc4-c4ccccc4)c3)cc21. The van der Waals surface area contributed by atoms with E-state index in [0.717, 1.165) is 84.2 Å². The number of nitrogens with zero attached hydrogens (tertiary/aromatic N) is 5. The van der Waals surface area contributed by atoms with Crippen LogP contribution in [0.25, 0.3) is 78.2 Å². The first-order valence-corrected chi connectivity index (χ1v) is 20.4. The minimum atomic E-state index is -0.173. The highest BCUT2D eigenvalue weighted by molar-refractivity contribution is 5.92. The molecule has 0 radical (unpaired) electrons. The molecule has 5 nitrogen and oxygen atoms in total. The first-order valence-electron chi connectivity index (χ1n) is 20.4. The number of fused-ring (bicyclic) bond motifs is 5. The quantitative estimate of drug-likeness (QED) is 0.162. The van der Waals surface area contributed by atoms with Gasteiger partial charge in [-0.3, -0.25) is 0 Å². The molecular weight excluding hydrogens is 731 g/mol. The maximum absolute atomic E-state index is 5.28. The summed E-state index contributed by atoms with van der Waals surface area (Å²) in [6.45, 7) is 4.67. The zero-order valence-corrected chi connectivity index (χ0v) is 33.3. The van der Waals surface area contributed by atoms with Gasteiger partial charge in [0.1, 0.15) is 0 Å². The van der Waals surface area contributed by atoms with E-state index in [1.807, 2.05) is 60.7 Å². The molecule has 0 N–H and O–H groups in total. The van der Waals surface area contributed by atoms with Crippen molar-refractivity contribution in [2.45, 2.75) is 19.3 Å². The van der Waals surface area contributed by atoms with Crippen LogP contribution in [0.3, 0.4) is 0 Å². The number of anilines is 3. The van der Waals surface area contributed by atoms with Crippen LogP contribution in [-0.2, 0) is 5.41 Å². The second kappa shape index (κ2) is 14.3. The van der Waals surface area contributed by atoms with E-state index in [2.05, 4.69) is 158 Å². The Morgan fingerprint density at radius 1 is 0.317 bits per heavy atom. The summed E-state index contributed by atoms with van der Waals surface area (Å²) < 4.78 is 0. The van der Waals surface area contributed by atoms with E-state index in [9.17, 15) is 0 Å². The molecule has 1 aliphatic rings. The highest BCUT2D eigenvalue weighted by Crippen LogP contribution is 2.51. The number of hydrogen-bond donors (Lipinski definition) is 0. The Hall–Kier alpha value is -7.76. The number of aromatic nitrogens is 4. The maximum atomic E-state index is 5.28. The molecular formula is C55H39N5. The summed E-state index contributed by atoms with van der Waals surface area (Å²) in [4.78, 5) is 23.3. The third kappa shape index (κ3) is 6.02. The molecule has 2 heterocycles. The first-order chi connectivity index (χ1) is 29.5. The lowest BCUT2D eigenvalue weighted by Gasteiger charge is -2.29. The first kappa shape index (κ1) is 35.4. The van der Waals surface area contributed by atoms with E-state index >= 15 is 0 Å². The van der Waals surface area contributed by atoms with Gasteiger partial charge in [0.25, 0.3) is 0 Å². The van der Waals surface area contributed by atoms with E-state index in [1.165, 1.54) is 22.3 Å². The molecule has 11 rings (SSSR count). The van der Waals surface area contributed by atoms with Crippen molar-refractivity contribution in [3.63, 3.8) is 0 Å². The molecule has 0 saturated heterocycles. The van der Waals surface area contributed by atoms with Gasteiger partial charge in [0.15, 0.2) is 0 Å². The molecule has 5 heteroatoms. The second-order valence-corrected chi connectivity index (χ2v) is 15.9. The smallest absolute Gasteiger partial charge is 0.0973 e. The Kier molecular flexibility index (Phi) is 8.41.